The molecule has 0 bridgehead atoms. The first-order valence-corrected chi connectivity index (χ1v) is 7.27. The van der Waals surface area contributed by atoms with Gasteiger partial charge in [0.1, 0.15) is 0 Å². The average molecular weight is 339 g/mol. The number of rotatable bonds is 3. The van der Waals surface area contributed by atoms with E-state index in [1.807, 2.05) is 13.1 Å². The Morgan fingerprint density at radius 1 is 1.40 bits per heavy atom. The molecule has 3 rings (SSSR count). The Morgan fingerprint density at radius 2 is 2.30 bits per heavy atom. The number of likely N-dealkylation sites (N-methyl/N-ethyl adjacent to an activating group) is 1. The SMILES string of the molecule is CNC1CCOCC1c1nc(-c2cncc(Br)c2)no1. The maximum absolute atomic E-state index is 5.52. The van der Waals surface area contributed by atoms with Crippen molar-refractivity contribution >= 4 is 15.9 Å². The molecule has 0 saturated carbocycles. The second kappa shape index (κ2) is 5.99. The summed E-state index contributed by atoms with van der Waals surface area (Å²) in [7, 11) is 1.94. The Hall–Kier alpha value is -1.31. The van der Waals surface area contributed by atoms with Crippen LogP contribution in [0.5, 0.6) is 0 Å². The minimum Gasteiger partial charge on any atom is -0.381 e. The molecule has 1 aliphatic rings. The van der Waals surface area contributed by atoms with Crippen molar-refractivity contribution < 1.29 is 9.26 Å². The van der Waals surface area contributed by atoms with Gasteiger partial charge in [-0.3, -0.25) is 4.98 Å². The summed E-state index contributed by atoms with van der Waals surface area (Å²) in [6.07, 6.45) is 4.38. The van der Waals surface area contributed by atoms with E-state index in [1.165, 1.54) is 0 Å². The van der Waals surface area contributed by atoms with Gasteiger partial charge in [0.25, 0.3) is 0 Å². The first-order chi connectivity index (χ1) is 9.78. The van der Waals surface area contributed by atoms with E-state index in [9.17, 15) is 0 Å². The van der Waals surface area contributed by atoms with Crippen molar-refractivity contribution in [2.45, 2.75) is 18.4 Å². The van der Waals surface area contributed by atoms with Crippen LogP contribution in [0.1, 0.15) is 18.2 Å². The minimum absolute atomic E-state index is 0.0927. The van der Waals surface area contributed by atoms with Gasteiger partial charge in [-0.2, -0.15) is 4.98 Å². The Kier molecular flexibility index (Phi) is 4.09. The summed E-state index contributed by atoms with van der Waals surface area (Å²) >= 11 is 3.38. The second-order valence-electron chi connectivity index (χ2n) is 4.71. The lowest BCUT2D eigenvalue weighted by Gasteiger charge is -2.28. The van der Waals surface area contributed by atoms with Crippen LogP contribution in [-0.4, -0.2) is 41.4 Å². The highest BCUT2D eigenvalue weighted by atomic mass is 79.9. The molecule has 0 spiro atoms. The number of hydrogen-bond acceptors (Lipinski definition) is 6. The summed E-state index contributed by atoms with van der Waals surface area (Å²) in [5.41, 5.74) is 0.826. The lowest BCUT2D eigenvalue weighted by atomic mass is 9.96. The van der Waals surface area contributed by atoms with Crippen molar-refractivity contribution in [3.8, 4) is 11.4 Å². The van der Waals surface area contributed by atoms with E-state index in [4.69, 9.17) is 9.26 Å². The molecule has 106 valence electrons. The number of halogens is 1. The molecule has 0 aliphatic carbocycles. The van der Waals surface area contributed by atoms with Crippen LogP contribution in [0.4, 0.5) is 0 Å². The van der Waals surface area contributed by atoms with Crippen LogP contribution in [-0.2, 0) is 4.74 Å². The van der Waals surface area contributed by atoms with Gasteiger partial charge in [-0.05, 0) is 35.5 Å². The molecule has 2 unspecified atom stereocenters. The predicted octanol–water partition coefficient (Wildman–Crippen LogP) is 1.99. The van der Waals surface area contributed by atoms with Crippen LogP contribution in [0.15, 0.2) is 27.5 Å². The molecular formula is C13H15BrN4O2. The lowest BCUT2D eigenvalue weighted by molar-refractivity contribution is 0.0516. The molecule has 6 nitrogen and oxygen atoms in total. The summed E-state index contributed by atoms with van der Waals surface area (Å²) in [4.78, 5) is 8.59. The third-order valence-corrected chi connectivity index (χ3v) is 3.88. The van der Waals surface area contributed by atoms with Crippen LogP contribution in [0.25, 0.3) is 11.4 Å². The van der Waals surface area contributed by atoms with Crippen molar-refractivity contribution in [3.63, 3.8) is 0 Å². The van der Waals surface area contributed by atoms with Crippen LogP contribution >= 0.6 is 15.9 Å². The zero-order valence-electron chi connectivity index (χ0n) is 11.0. The fourth-order valence-corrected chi connectivity index (χ4v) is 2.73. The van der Waals surface area contributed by atoms with Crippen LogP contribution in [0.2, 0.25) is 0 Å². The summed E-state index contributed by atoms with van der Waals surface area (Å²) in [5.74, 6) is 1.25. The average Bonchev–Trinajstić information content (AvgIpc) is 2.97. The summed E-state index contributed by atoms with van der Waals surface area (Å²) in [6, 6.07) is 2.21. The van der Waals surface area contributed by atoms with Gasteiger partial charge in [-0.1, -0.05) is 5.16 Å². The first-order valence-electron chi connectivity index (χ1n) is 6.47. The van der Waals surface area contributed by atoms with Gasteiger partial charge in [0.2, 0.25) is 11.7 Å². The normalized spacial score (nSPS) is 22.9. The van der Waals surface area contributed by atoms with E-state index in [0.29, 0.717) is 24.4 Å². The third kappa shape index (κ3) is 2.74. The smallest absolute Gasteiger partial charge is 0.233 e. The molecule has 3 heterocycles. The molecule has 2 aromatic heterocycles. The van der Waals surface area contributed by atoms with Gasteiger partial charge in [0, 0.05) is 35.1 Å². The fourth-order valence-electron chi connectivity index (χ4n) is 2.36. The molecule has 0 amide bonds. The molecule has 7 heteroatoms. The van der Waals surface area contributed by atoms with E-state index in [-0.39, 0.29) is 5.92 Å². The summed E-state index contributed by atoms with van der Waals surface area (Å²) < 4.78 is 11.8. The summed E-state index contributed by atoms with van der Waals surface area (Å²) in [6.45, 7) is 1.36. The lowest BCUT2D eigenvalue weighted by Crippen LogP contribution is -2.39. The van der Waals surface area contributed by atoms with Gasteiger partial charge in [0.05, 0.1) is 12.5 Å². The highest BCUT2D eigenvalue weighted by Gasteiger charge is 2.30. The maximum Gasteiger partial charge on any atom is 0.233 e. The number of pyridine rings is 1. The number of nitrogens with one attached hydrogen (secondary N) is 1. The van der Waals surface area contributed by atoms with E-state index in [0.717, 1.165) is 23.1 Å². The Bertz CT molecular complexity index is 589. The van der Waals surface area contributed by atoms with Gasteiger partial charge in [0.15, 0.2) is 0 Å². The predicted molar refractivity (Wildman–Crippen MR) is 76.3 cm³/mol. The van der Waals surface area contributed by atoms with Crippen molar-refractivity contribution in [2.75, 3.05) is 20.3 Å². The highest BCUT2D eigenvalue weighted by molar-refractivity contribution is 9.10. The number of ether oxygens (including phenoxy) is 1. The van der Waals surface area contributed by atoms with Crippen LogP contribution in [0, 0.1) is 0 Å². The molecule has 1 N–H and O–H groups in total. The largest absolute Gasteiger partial charge is 0.381 e. The molecule has 1 saturated heterocycles. The molecule has 2 atom stereocenters. The molecular weight excluding hydrogens is 324 g/mol. The second-order valence-corrected chi connectivity index (χ2v) is 5.63. The summed E-state index contributed by atoms with van der Waals surface area (Å²) in [5, 5.41) is 7.32. The van der Waals surface area contributed by atoms with Crippen molar-refractivity contribution in [3.05, 3.63) is 28.8 Å². The van der Waals surface area contributed by atoms with Gasteiger partial charge >= 0.3 is 0 Å². The van der Waals surface area contributed by atoms with E-state index in [1.54, 1.807) is 12.4 Å². The number of hydrogen-bond donors (Lipinski definition) is 1. The Labute approximate surface area is 125 Å². The number of aromatic nitrogens is 3. The van der Waals surface area contributed by atoms with Crippen molar-refractivity contribution in [2.24, 2.45) is 0 Å². The van der Waals surface area contributed by atoms with E-state index >= 15 is 0 Å². The zero-order chi connectivity index (χ0) is 13.9. The molecule has 0 aromatic carbocycles. The van der Waals surface area contributed by atoms with Gasteiger partial charge in [-0.25, -0.2) is 0 Å². The number of nitrogens with zero attached hydrogens (tertiary/aromatic N) is 3. The Morgan fingerprint density at radius 3 is 3.10 bits per heavy atom. The quantitative estimate of drug-likeness (QED) is 0.922. The molecule has 1 fully saturated rings. The van der Waals surface area contributed by atoms with E-state index in [2.05, 4.69) is 36.4 Å². The monoisotopic (exact) mass is 338 g/mol. The molecule has 1 aliphatic heterocycles. The van der Waals surface area contributed by atoms with Crippen LogP contribution in [0.3, 0.4) is 0 Å². The standard InChI is InChI=1S/C13H15BrN4O2/c1-15-11-2-3-19-7-10(11)13-17-12(18-20-13)8-4-9(14)6-16-5-8/h4-6,10-11,15H,2-3,7H2,1H3. The third-order valence-electron chi connectivity index (χ3n) is 3.45. The van der Waals surface area contributed by atoms with E-state index < -0.39 is 0 Å². The molecule has 20 heavy (non-hydrogen) atoms. The highest BCUT2D eigenvalue weighted by Crippen LogP contribution is 2.27. The van der Waals surface area contributed by atoms with Crippen LogP contribution < -0.4 is 5.32 Å². The van der Waals surface area contributed by atoms with Crippen molar-refractivity contribution in [1.82, 2.24) is 20.4 Å². The van der Waals surface area contributed by atoms with Gasteiger partial charge in [-0.15, -0.1) is 0 Å². The van der Waals surface area contributed by atoms with Crippen molar-refractivity contribution in [1.29, 1.82) is 0 Å². The topological polar surface area (TPSA) is 73.1 Å². The maximum atomic E-state index is 5.52. The fraction of sp³-hybridized carbons (Fsp3) is 0.462. The first kappa shape index (κ1) is 13.7. The zero-order valence-corrected chi connectivity index (χ0v) is 12.6. The minimum atomic E-state index is 0.0927. The molecule has 2 aromatic rings. The Balaban J connectivity index is 1.86. The molecule has 0 radical (unpaired) electrons. The van der Waals surface area contributed by atoms with Gasteiger partial charge < -0.3 is 14.6 Å².